The number of anilines is 1. The molecule has 0 aromatic heterocycles. The van der Waals surface area contributed by atoms with E-state index in [4.69, 9.17) is 35.3 Å². The minimum Gasteiger partial charge on any atom is -0.496 e. The summed E-state index contributed by atoms with van der Waals surface area (Å²) in [4.78, 5) is 12.6. The van der Waals surface area contributed by atoms with E-state index in [1.807, 2.05) is 43.3 Å². The fraction of sp³-hybridized carbons (Fsp3) is 0.207. The van der Waals surface area contributed by atoms with Crippen molar-refractivity contribution in [2.45, 2.75) is 6.92 Å². The molecule has 0 aliphatic carbocycles. The molecule has 194 valence electrons. The van der Waals surface area contributed by atoms with E-state index in [0.717, 1.165) is 16.7 Å². The normalized spacial score (nSPS) is 11.0. The van der Waals surface area contributed by atoms with Crippen molar-refractivity contribution in [2.75, 3.05) is 40.9 Å². The van der Waals surface area contributed by atoms with Crippen LogP contribution in [0, 0.1) is 6.92 Å². The number of rotatable bonds is 11. The summed E-state index contributed by atoms with van der Waals surface area (Å²) in [5.41, 5.74) is 3.73. The number of carbonyl (C=O) groups excluding carboxylic acids is 1. The van der Waals surface area contributed by atoms with Crippen molar-refractivity contribution in [3.8, 4) is 28.7 Å². The van der Waals surface area contributed by atoms with E-state index in [9.17, 15) is 4.79 Å². The standard InChI is InChI=1S/C29H30ClNO6/c1-18-7-10-21(17-25(18)33-2)24(32)11-12-31-23-14-19(13-22(30)28(23)36-5)8-9-20-15-26(34-3)29(37-6)27(16-20)35-4/h7-17,31H,1-6H3/b9-8-,12-11-. The molecular weight excluding hydrogens is 494 g/mol. The van der Waals surface area contributed by atoms with Crippen molar-refractivity contribution in [1.82, 2.24) is 0 Å². The van der Waals surface area contributed by atoms with E-state index in [2.05, 4.69) is 5.32 Å². The molecule has 0 radical (unpaired) electrons. The number of aryl methyl sites for hydroxylation is 1. The van der Waals surface area contributed by atoms with Crippen LogP contribution >= 0.6 is 11.6 Å². The van der Waals surface area contributed by atoms with E-state index in [-0.39, 0.29) is 5.78 Å². The van der Waals surface area contributed by atoms with E-state index >= 15 is 0 Å². The second-order valence-electron chi connectivity index (χ2n) is 7.90. The molecule has 0 amide bonds. The predicted molar refractivity (Wildman–Crippen MR) is 148 cm³/mol. The van der Waals surface area contributed by atoms with Gasteiger partial charge >= 0.3 is 0 Å². The predicted octanol–water partition coefficient (Wildman–Crippen LogP) is 6.67. The van der Waals surface area contributed by atoms with E-state index in [0.29, 0.717) is 45.0 Å². The van der Waals surface area contributed by atoms with E-state index in [1.54, 1.807) is 52.8 Å². The zero-order valence-corrected chi connectivity index (χ0v) is 22.4. The maximum atomic E-state index is 12.6. The first-order valence-electron chi connectivity index (χ1n) is 11.3. The number of ketones is 1. The quantitative estimate of drug-likeness (QED) is 0.171. The van der Waals surface area contributed by atoms with Gasteiger partial charge in [-0.15, -0.1) is 0 Å². The van der Waals surface area contributed by atoms with Crippen LogP contribution in [0.4, 0.5) is 5.69 Å². The first-order chi connectivity index (χ1) is 17.8. The SMILES string of the molecule is COc1cc(C(=O)/C=C\Nc2cc(/C=C\c3cc(OC)c(OC)c(OC)c3)cc(Cl)c2OC)ccc1C. The lowest BCUT2D eigenvalue weighted by atomic mass is 10.1. The molecular formula is C29H30ClNO6. The molecule has 0 saturated carbocycles. The number of ether oxygens (including phenoxy) is 5. The molecule has 1 N–H and O–H groups in total. The molecule has 0 aliphatic rings. The Morgan fingerprint density at radius 1 is 0.757 bits per heavy atom. The average Bonchev–Trinajstić information content (AvgIpc) is 2.91. The van der Waals surface area contributed by atoms with Crippen LogP contribution in [0.5, 0.6) is 28.7 Å². The van der Waals surface area contributed by atoms with Gasteiger partial charge in [0.2, 0.25) is 5.75 Å². The lowest BCUT2D eigenvalue weighted by Crippen LogP contribution is -1.99. The summed E-state index contributed by atoms with van der Waals surface area (Å²) in [6.45, 7) is 1.92. The molecule has 37 heavy (non-hydrogen) atoms. The minimum atomic E-state index is -0.172. The smallest absolute Gasteiger partial charge is 0.203 e. The summed E-state index contributed by atoms with van der Waals surface area (Å²) in [5.74, 6) is 2.57. The minimum absolute atomic E-state index is 0.172. The number of benzene rings is 3. The van der Waals surface area contributed by atoms with Gasteiger partial charge in [-0.2, -0.15) is 0 Å². The van der Waals surface area contributed by atoms with Crippen molar-refractivity contribution < 1.29 is 28.5 Å². The van der Waals surface area contributed by atoms with Gasteiger partial charge in [0.1, 0.15) is 5.75 Å². The molecule has 0 saturated heterocycles. The Labute approximate surface area is 222 Å². The topological polar surface area (TPSA) is 75.3 Å². The third kappa shape index (κ3) is 6.57. The fourth-order valence-corrected chi connectivity index (χ4v) is 4.00. The van der Waals surface area contributed by atoms with Gasteiger partial charge in [-0.1, -0.05) is 35.9 Å². The largest absolute Gasteiger partial charge is 0.496 e. The molecule has 0 spiro atoms. The van der Waals surface area contributed by atoms with Crippen molar-refractivity contribution in [3.05, 3.63) is 82.0 Å². The maximum Gasteiger partial charge on any atom is 0.203 e. The van der Waals surface area contributed by atoms with Gasteiger partial charge in [0.25, 0.3) is 0 Å². The first kappa shape index (κ1) is 27.5. The molecule has 3 aromatic carbocycles. The van der Waals surface area contributed by atoms with Crippen LogP contribution in [-0.4, -0.2) is 41.3 Å². The molecule has 3 rings (SSSR count). The molecule has 0 aliphatic heterocycles. The number of nitrogens with one attached hydrogen (secondary N) is 1. The van der Waals surface area contributed by atoms with E-state index < -0.39 is 0 Å². The van der Waals surface area contributed by atoms with Crippen molar-refractivity contribution in [2.24, 2.45) is 0 Å². The van der Waals surface area contributed by atoms with Crippen LogP contribution < -0.4 is 29.0 Å². The van der Waals surface area contributed by atoms with Gasteiger partial charge in [-0.3, -0.25) is 4.79 Å². The van der Waals surface area contributed by atoms with Gasteiger partial charge in [-0.25, -0.2) is 0 Å². The van der Waals surface area contributed by atoms with Gasteiger partial charge in [-0.05, 0) is 53.9 Å². The number of hydrogen-bond donors (Lipinski definition) is 1. The van der Waals surface area contributed by atoms with Gasteiger partial charge in [0, 0.05) is 17.8 Å². The summed E-state index contributed by atoms with van der Waals surface area (Å²) >= 11 is 6.48. The maximum absolute atomic E-state index is 12.6. The summed E-state index contributed by atoms with van der Waals surface area (Å²) in [6, 6.07) is 12.7. The fourth-order valence-electron chi connectivity index (χ4n) is 3.69. The molecule has 0 heterocycles. The highest BCUT2D eigenvalue weighted by Crippen LogP contribution is 2.39. The lowest BCUT2D eigenvalue weighted by molar-refractivity contribution is 0.104. The highest BCUT2D eigenvalue weighted by Gasteiger charge is 2.13. The highest BCUT2D eigenvalue weighted by molar-refractivity contribution is 6.32. The van der Waals surface area contributed by atoms with Crippen molar-refractivity contribution in [3.63, 3.8) is 0 Å². The second kappa shape index (κ2) is 12.7. The van der Waals surface area contributed by atoms with Crippen LogP contribution in [0.3, 0.4) is 0 Å². The van der Waals surface area contributed by atoms with Gasteiger partial charge in [0.15, 0.2) is 23.0 Å². The van der Waals surface area contributed by atoms with Crippen molar-refractivity contribution >= 4 is 35.2 Å². The summed E-state index contributed by atoms with van der Waals surface area (Å²) in [7, 11) is 7.81. The number of carbonyl (C=O) groups is 1. The third-order valence-electron chi connectivity index (χ3n) is 5.59. The molecule has 3 aromatic rings. The Bertz CT molecular complexity index is 1310. The Hall–Kier alpha value is -4.10. The Kier molecular flexibility index (Phi) is 9.46. The van der Waals surface area contributed by atoms with Crippen molar-refractivity contribution in [1.29, 1.82) is 0 Å². The van der Waals surface area contributed by atoms with Crippen LogP contribution in [0.25, 0.3) is 12.2 Å². The molecule has 7 nitrogen and oxygen atoms in total. The van der Waals surface area contributed by atoms with Gasteiger partial charge < -0.3 is 29.0 Å². The Morgan fingerprint density at radius 2 is 1.35 bits per heavy atom. The Morgan fingerprint density at radius 3 is 1.92 bits per heavy atom. The zero-order chi connectivity index (χ0) is 26.9. The lowest BCUT2D eigenvalue weighted by Gasteiger charge is -2.13. The Balaban J connectivity index is 1.85. The number of halogens is 1. The molecule has 0 bridgehead atoms. The summed E-state index contributed by atoms with van der Waals surface area (Å²) in [6.07, 6.45) is 6.78. The summed E-state index contributed by atoms with van der Waals surface area (Å²) in [5, 5.41) is 3.52. The second-order valence-corrected chi connectivity index (χ2v) is 8.31. The number of methoxy groups -OCH3 is 5. The average molecular weight is 524 g/mol. The highest BCUT2D eigenvalue weighted by atomic mass is 35.5. The zero-order valence-electron chi connectivity index (χ0n) is 21.7. The number of hydrogen-bond acceptors (Lipinski definition) is 7. The monoisotopic (exact) mass is 523 g/mol. The van der Waals surface area contributed by atoms with Crippen LogP contribution in [0.2, 0.25) is 5.02 Å². The molecule has 0 atom stereocenters. The molecule has 0 unspecified atom stereocenters. The van der Waals surface area contributed by atoms with Gasteiger partial charge in [0.05, 0.1) is 46.3 Å². The third-order valence-corrected chi connectivity index (χ3v) is 5.87. The summed E-state index contributed by atoms with van der Waals surface area (Å²) < 4.78 is 27.0. The van der Waals surface area contributed by atoms with Crippen LogP contribution in [-0.2, 0) is 0 Å². The number of allylic oxidation sites excluding steroid dienone is 1. The first-order valence-corrected chi connectivity index (χ1v) is 11.7. The molecule has 0 fully saturated rings. The molecule has 8 heteroatoms. The van der Waals surface area contributed by atoms with E-state index in [1.165, 1.54) is 13.2 Å². The van der Waals surface area contributed by atoms with Crippen LogP contribution in [0.1, 0.15) is 27.0 Å². The van der Waals surface area contributed by atoms with Crippen LogP contribution in [0.15, 0.2) is 54.7 Å².